The molecule has 2 atom stereocenters. The van der Waals surface area contributed by atoms with Crippen molar-refractivity contribution in [1.29, 1.82) is 0 Å². The molecular weight excluding hydrogens is 434 g/mol. The van der Waals surface area contributed by atoms with Crippen molar-refractivity contribution in [2.45, 2.75) is 85.6 Å². The van der Waals surface area contributed by atoms with Gasteiger partial charge in [0, 0.05) is 30.4 Å². The number of esters is 1. The zero-order valence-corrected chi connectivity index (χ0v) is 21.9. The number of aryl methyl sites for hydroxylation is 1. The summed E-state index contributed by atoms with van der Waals surface area (Å²) in [5.74, 6) is 0.314. The van der Waals surface area contributed by atoms with Gasteiger partial charge in [0.2, 0.25) is 0 Å². The molecule has 4 rings (SSSR count). The third kappa shape index (κ3) is 5.55. The van der Waals surface area contributed by atoms with Crippen LogP contribution in [-0.4, -0.2) is 27.1 Å². The highest BCUT2D eigenvalue weighted by molar-refractivity contribution is 6.07. The molecule has 0 aliphatic heterocycles. The van der Waals surface area contributed by atoms with Crippen LogP contribution in [0.4, 0.5) is 0 Å². The second-order valence-electron chi connectivity index (χ2n) is 10.5. The van der Waals surface area contributed by atoms with Gasteiger partial charge in [0.15, 0.2) is 0 Å². The van der Waals surface area contributed by atoms with E-state index >= 15 is 0 Å². The quantitative estimate of drug-likeness (QED) is 0.227. The number of imidazole rings is 1. The normalized spacial score (nSPS) is 19.6. The molecule has 5 heteroatoms. The number of H-pyrrole nitrogens is 1. The lowest BCUT2D eigenvalue weighted by Gasteiger charge is -2.35. The highest BCUT2D eigenvalue weighted by Crippen LogP contribution is 2.45. The van der Waals surface area contributed by atoms with Crippen molar-refractivity contribution in [3.63, 3.8) is 0 Å². The molecule has 2 heterocycles. The van der Waals surface area contributed by atoms with E-state index in [9.17, 15) is 4.79 Å². The molecule has 0 bridgehead atoms. The molecule has 3 aromatic rings. The van der Waals surface area contributed by atoms with Crippen LogP contribution >= 0.6 is 0 Å². The molecular formula is C30H43N3O2. The van der Waals surface area contributed by atoms with Crippen molar-refractivity contribution in [1.82, 2.24) is 14.5 Å². The standard InChI is InChI=1S/C30H41N3O2.H2/c1-5-7-9-14-30(4)15-13-23-11-12-26-28(25(23)20-24(30)10-8-6-2)27(22(3)32-26)29(34)35-19-18-33-17-16-31-21-33;/h11-13,15-17,21,24,32H,5-10,14,18-20H2,1-4H3;1H. The molecule has 0 saturated heterocycles. The Morgan fingerprint density at radius 3 is 2.83 bits per heavy atom. The van der Waals surface area contributed by atoms with Crippen molar-refractivity contribution in [3.05, 3.63) is 59.3 Å². The zero-order valence-electron chi connectivity index (χ0n) is 21.9. The lowest BCUT2D eigenvalue weighted by Crippen LogP contribution is -2.27. The molecule has 35 heavy (non-hydrogen) atoms. The van der Waals surface area contributed by atoms with Crippen LogP contribution in [0.5, 0.6) is 0 Å². The Morgan fingerprint density at radius 1 is 1.26 bits per heavy atom. The average molecular weight is 478 g/mol. The molecule has 5 nitrogen and oxygen atoms in total. The van der Waals surface area contributed by atoms with E-state index in [1.807, 2.05) is 17.7 Å². The van der Waals surface area contributed by atoms with Crippen LogP contribution in [-0.2, 0) is 17.7 Å². The fourth-order valence-corrected chi connectivity index (χ4v) is 5.69. The number of carbonyl (C=O) groups excluding carboxylic acids is 1. The first-order valence-electron chi connectivity index (χ1n) is 13.4. The van der Waals surface area contributed by atoms with E-state index in [4.69, 9.17) is 4.74 Å². The van der Waals surface area contributed by atoms with Gasteiger partial charge in [-0.1, -0.05) is 71.1 Å². The van der Waals surface area contributed by atoms with Gasteiger partial charge in [-0.05, 0) is 54.7 Å². The number of unbranched alkanes of at least 4 members (excludes halogenated alkanes) is 3. The number of aromatic nitrogens is 3. The average Bonchev–Trinajstić information content (AvgIpc) is 3.44. The Morgan fingerprint density at radius 2 is 2.09 bits per heavy atom. The van der Waals surface area contributed by atoms with Crippen LogP contribution < -0.4 is 0 Å². The van der Waals surface area contributed by atoms with Gasteiger partial charge in [0.05, 0.1) is 18.4 Å². The lowest BCUT2D eigenvalue weighted by atomic mass is 9.69. The number of ether oxygens (including phenoxy) is 1. The van der Waals surface area contributed by atoms with E-state index in [1.54, 1.807) is 12.5 Å². The maximum absolute atomic E-state index is 13.3. The predicted octanol–water partition coefficient (Wildman–Crippen LogP) is 7.74. The monoisotopic (exact) mass is 477 g/mol. The van der Waals surface area contributed by atoms with Crippen molar-refractivity contribution < 1.29 is 11.0 Å². The van der Waals surface area contributed by atoms with Crippen LogP contribution in [0.2, 0.25) is 0 Å². The molecule has 1 aromatic carbocycles. The van der Waals surface area contributed by atoms with Gasteiger partial charge in [0.25, 0.3) is 0 Å². The van der Waals surface area contributed by atoms with E-state index in [-0.39, 0.29) is 12.8 Å². The topological polar surface area (TPSA) is 59.9 Å². The first-order chi connectivity index (χ1) is 17.0. The molecule has 1 N–H and O–H groups in total. The first kappa shape index (κ1) is 25.3. The summed E-state index contributed by atoms with van der Waals surface area (Å²) in [4.78, 5) is 20.8. The third-order valence-electron chi connectivity index (χ3n) is 7.89. The molecule has 1 aliphatic rings. The number of rotatable bonds is 11. The van der Waals surface area contributed by atoms with Crippen LogP contribution in [0.1, 0.15) is 94.3 Å². The SMILES string of the molecule is CCCCCC1(C)C=Cc2ccc3[nH]c(C)c(C(=O)OCCn4ccnc4)c3c2CC1CCCC.[HH]. The molecule has 0 spiro atoms. The summed E-state index contributed by atoms with van der Waals surface area (Å²) in [7, 11) is 0. The first-order valence-corrected chi connectivity index (χ1v) is 13.4. The number of nitrogens with one attached hydrogen (secondary N) is 1. The van der Waals surface area contributed by atoms with Gasteiger partial charge < -0.3 is 14.3 Å². The summed E-state index contributed by atoms with van der Waals surface area (Å²) in [6.45, 7) is 9.91. The van der Waals surface area contributed by atoms with Gasteiger partial charge in [-0.15, -0.1) is 0 Å². The summed E-state index contributed by atoms with van der Waals surface area (Å²) in [6, 6.07) is 4.33. The van der Waals surface area contributed by atoms with Crippen molar-refractivity contribution in [2.75, 3.05) is 6.61 Å². The Bertz CT molecular complexity index is 1160. The Hall–Kier alpha value is -2.82. The predicted molar refractivity (Wildman–Crippen MR) is 146 cm³/mol. The van der Waals surface area contributed by atoms with Crippen LogP contribution in [0.3, 0.4) is 0 Å². The van der Waals surface area contributed by atoms with E-state index < -0.39 is 0 Å². The number of hydrogen-bond donors (Lipinski definition) is 1. The summed E-state index contributed by atoms with van der Waals surface area (Å²) in [5, 5.41) is 1.05. The summed E-state index contributed by atoms with van der Waals surface area (Å²) in [6.07, 6.45) is 19.8. The summed E-state index contributed by atoms with van der Waals surface area (Å²) in [5.41, 5.74) is 5.31. The third-order valence-corrected chi connectivity index (χ3v) is 7.89. The van der Waals surface area contributed by atoms with Crippen LogP contribution in [0.25, 0.3) is 17.0 Å². The maximum Gasteiger partial charge on any atom is 0.340 e. The molecule has 0 amide bonds. The maximum atomic E-state index is 13.3. The van der Waals surface area contributed by atoms with Gasteiger partial charge in [0.1, 0.15) is 6.61 Å². The van der Waals surface area contributed by atoms with Gasteiger partial charge >= 0.3 is 5.97 Å². The van der Waals surface area contributed by atoms with Crippen molar-refractivity contribution >= 4 is 22.9 Å². The molecule has 2 unspecified atom stereocenters. The fourth-order valence-electron chi connectivity index (χ4n) is 5.69. The van der Waals surface area contributed by atoms with E-state index in [1.165, 1.54) is 56.1 Å². The number of aromatic amines is 1. The number of benzene rings is 1. The van der Waals surface area contributed by atoms with Gasteiger partial charge in [-0.2, -0.15) is 0 Å². The zero-order chi connectivity index (χ0) is 24.8. The second kappa shape index (κ2) is 11.3. The fraction of sp³-hybridized carbons (Fsp3) is 0.533. The van der Waals surface area contributed by atoms with E-state index in [0.29, 0.717) is 24.6 Å². The minimum Gasteiger partial charge on any atom is -0.460 e. The molecule has 2 aromatic heterocycles. The van der Waals surface area contributed by atoms with Crippen molar-refractivity contribution in [3.8, 4) is 0 Å². The summed E-state index contributed by atoms with van der Waals surface area (Å²) >= 11 is 0. The lowest BCUT2D eigenvalue weighted by molar-refractivity contribution is 0.0493. The summed E-state index contributed by atoms with van der Waals surface area (Å²) < 4.78 is 7.66. The number of allylic oxidation sites excluding steroid dienone is 1. The van der Waals surface area contributed by atoms with Gasteiger partial charge in [-0.25, -0.2) is 9.78 Å². The second-order valence-corrected chi connectivity index (χ2v) is 10.5. The van der Waals surface area contributed by atoms with Gasteiger partial charge in [-0.3, -0.25) is 0 Å². The van der Waals surface area contributed by atoms with E-state index in [2.05, 4.69) is 55.0 Å². The Kier molecular flexibility index (Phi) is 8.15. The van der Waals surface area contributed by atoms with Crippen molar-refractivity contribution in [2.24, 2.45) is 11.3 Å². The van der Waals surface area contributed by atoms with Crippen LogP contribution in [0.15, 0.2) is 36.9 Å². The number of nitrogens with zero attached hydrogens (tertiary/aromatic N) is 2. The Labute approximate surface area is 211 Å². The smallest absolute Gasteiger partial charge is 0.340 e. The number of carbonyl (C=O) groups is 1. The molecule has 0 saturated carbocycles. The highest BCUT2D eigenvalue weighted by atomic mass is 16.5. The van der Waals surface area contributed by atoms with Crippen LogP contribution in [0, 0.1) is 18.3 Å². The molecule has 190 valence electrons. The minimum atomic E-state index is -0.244. The number of hydrogen-bond acceptors (Lipinski definition) is 3. The molecule has 0 fully saturated rings. The molecule has 1 aliphatic carbocycles. The largest absolute Gasteiger partial charge is 0.460 e. The molecule has 0 radical (unpaired) electrons. The minimum absolute atomic E-state index is 0. The highest BCUT2D eigenvalue weighted by Gasteiger charge is 2.34. The number of fused-ring (bicyclic) bond motifs is 3. The van der Waals surface area contributed by atoms with E-state index in [0.717, 1.165) is 23.0 Å². The Balaban J connectivity index is 0.00000361.